The zero-order valence-corrected chi connectivity index (χ0v) is 12.6. The monoisotopic (exact) mass is 272 g/mol. The number of nitrogens with one attached hydrogen (secondary N) is 1. The van der Waals surface area contributed by atoms with E-state index in [0.29, 0.717) is 6.04 Å². The Hall–Kier alpha value is -1.42. The lowest BCUT2D eigenvalue weighted by Crippen LogP contribution is -2.33. The first-order chi connectivity index (χ1) is 9.76. The van der Waals surface area contributed by atoms with E-state index in [9.17, 15) is 0 Å². The van der Waals surface area contributed by atoms with Gasteiger partial charge in [0.05, 0.1) is 6.61 Å². The number of nitrogens with zero attached hydrogens (tertiary/aromatic N) is 1. The van der Waals surface area contributed by atoms with E-state index in [0.717, 1.165) is 19.7 Å². The summed E-state index contributed by atoms with van der Waals surface area (Å²) in [5.41, 5.74) is 1.36. The summed E-state index contributed by atoms with van der Waals surface area (Å²) in [7, 11) is 5.90. The molecule has 0 heterocycles. The maximum atomic E-state index is 5.14. The van der Waals surface area contributed by atoms with Crippen molar-refractivity contribution in [3.8, 4) is 0 Å². The molecule has 0 radical (unpaired) electrons. The molecule has 3 nitrogen and oxygen atoms in total. The molecular weight excluding hydrogens is 248 g/mol. The number of benzene rings is 2. The van der Waals surface area contributed by atoms with Gasteiger partial charge in [-0.25, -0.2) is 0 Å². The van der Waals surface area contributed by atoms with Crippen LogP contribution in [0.5, 0.6) is 0 Å². The number of ether oxygens (including phenoxy) is 1. The lowest BCUT2D eigenvalue weighted by Gasteiger charge is -2.25. The van der Waals surface area contributed by atoms with Gasteiger partial charge in [0, 0.05) is 26.2 Å². The maximum Gasteiger partial charge on any atom is 0.0589 e. The van der Waals surface area contributed by atoms with Gasteiger partial charge < -0.3 is 15.0 Å². The molecule has 2 aromatic carbocycles. The SMILES string of the molecule is CNC(CN(C)CCOC)c1cccc2ccccc12. The summed E-state index contributed by atoms with van der Waals surface area (Å²) in [6.45, 7) is 2.68. The van der Waals surface area contributed by atoms with Crippen molar-refractivity contribution in [3.05, 3.63) is 48.0 Å². The van der Waals surface area contributed by atoms with Crippen molar-refractivity contribution in [1.82, 2.24) is 10.2 Å². The predicted molar refractivity (Wildman–Crippen MR) is 85.1 cm³/mol. The Kier molecular flexibility index (Phi) is 5.53. The molecule has 0 aromatic heterocycles. The van der Waals surface area contributed by atoms with Crippen LogP contribution in [0.1, 0.15) is 11.6 Å². The van der Waals surface area contributed by atoms with Crippen molar-refractivity contribution in [2.45, 2.75) is 6.04 Å². The Morgan fingerprint density at radius 2 is 1.90 bits per heavy atom. The Balaban J connectivity index is 2.21. The summed E-state index contributed by atoms with van der Waals surface area (Å²) >= 11 is 0. The van der Waals surface area contributed by atoms with E-state index in [1.807, 2.05) is 7.05 Å². The summed E-state index contributed by atoms with van der Waals surface area (Å²) in [6.07, 6.45) is 0. The quantitative estimate of drug-likeness (QED) is 0.838. The topological polar surface area (TPSA) is 24.5 Å². The average molecular weight is 272 g/mol. The second kappa shape index (κ2) is 7.39. The van der Waals surface area contributed by atoms with Crippen LogP contribution in [0.15, 0.2) is 42.5 Å². The van der Waals surface area contributed by atoms with Crippen LogP contribution >= 0.6 is 0 Å². The first kappa shape index (κ1) is 15.0. The minimum atomic E-state index is 0.322. The third kappa shape index (κ3) is 3.57. The van der Waals surface area contributed by atoms with Crippen molar-refractivity contribution in [3.63, 3.8) is 0 Å². The van der Waals surface area contributed by atoms with E-state index >= 15 is 0 Å². The minimum Gasteiger partial charge on any atom is -0.383 e. The van der Waals surface area contributed by atoms with E-state index < -0.39 is 0 Å². The third-order valence-corrected chi connectivity index (χ3v) is 3.72. The van der Waals surface area contributed by atoms with Gasteiger partial charge in [0.15, 0.2) is 0 Å². The predicted octanol–water partition coefficient (Wildman–Crippen LogP) is 2.68. The second-order valence-electron chi connectivity index (χ2n) is 5.16. The minimum absolute atomic E-state index is 0.322. The van der Waals surface area contributed by atoms with Crippen LogP contribution in [0, 0.1) is 0 Å². The zero-order chi connectivity index (χ0) is 14.4. The van der Waals surface area contributed by atoms with E-state index in [-0.39, 0.29) is 0 Å². The lowest BCUT2D eigenvalue weighted by molar-refractivity contribution is 0.156. The molecule has 0 saturated carbocycles. The van der Waals surface area contributed by atoms with Gasteiger partial charge in [-0.1, -0.05) is 42.5 Å². The highest BCUT2D eigenvalue weighted by molar-refractivity contribution is 5.86. The van der Waals surface area contributed by atoms with Crippen LogP contribution in [-0.4, -0.2) is 45.8 Å². The van der Waals surface area contributed by atoms with E-state index in [2.05, 4.69) is 59.7 Å². The van der Waals surface area contributed by atoms with Gasteiger partial charge in [-0.3, -0.25) is 0 Å². The normalized spacial score (nSPS) is 13.0. The van der Waals surface area contributed by atoms with Gasteiger partial charge in [0.25, 0.3) is 0 Å². The van der Waals surface area contributed by atoms with Gasteiger partial charge in [-0.15, -0.1) is 0 Å². The molecule has 2 aromatic rings. The van der Waals surface area contributed by atoms with E-state index in [1.165, 1.54) is 16.3 Å². The molecule has 3 heteroatoms. The molecule has 108 valence electrons. The molecule has 0 aliphatic rings. The summed E-state index contributed by atoms with van der Waals surface area (Å²) in [6, 6.07) is 15.4. The Morgan fingerprint density at radius 3 is 2.65 bits per heavy atom. The molecule has 0 aliphatic carbocycles. The van der Waals surface area contributed by atoms with Crippen LogP contribution in [0.2, 0.25) is 0 Å². The fourth-order valence-corrected chi connectivity index (χ4v) is 2.55. The van der Waals surface area contributed by atoms with Crippen LogP contribution in [0.3, 0.4) is 0 Å². The highest BCUT2D eigenvalue weighted by atomic mass is 16.5. The fraction of sp³-hybridized carbons (Fsp3) is 0.412. The Labute approximate surface area is 121 Å². The molecule has 1 N–H and O–H groups in total. The van der Waals surface area contributed by atoms with E-state index in [1.54, 1.807) is 7.11 Å². The maximum absolute atomic E-state index is 5.14. The number of hydrogen-bond acceptors (Lipinski definition) is 3. The highest BCUT2D eigenvalue weighted by Crippen LogP contribution is 2.24. The Bertz CT molecular complexity index is 536. The smallest absolute Gasteiger partial charge is 0.0589 e. The summed E-state index contributed by atoms with van der Waals surface area (Å²) in [5.74, 6) is 0. The molecule has 0 fully saturated rings. The van der Waals surface area contributed by atoms with Crippen molar-refractivity contribution in [2.75, 3.05) is 40.9 Å². The van der Waals surface area contributed by atoms with Crippen LogP contribution in [-0.2, 0) is 4.74 Å². The number of hydrogen-bond donors (Lipinski definition) is 1. The molecule has 0 aliphatic heterocycles. The summed E-state index contributed by atoms with van der Waals surface area (Å²) in [4.78, 5) is 2.30. The van der Waals surface area contributed by atoms with Crippen LogP contribution in [0.25, 0.3) is 10.8 Å². The molecule has 1 unspecified atom stereocenters. The van der Waals surface area contributed by atoms with Crippen LogP contribution in [0.4, 0.5) is 0 Å². The third-order valence-electron chi connectivity index (χ3n) is 3.72. The average Bonchev–Trinajstić information content (AvgIpc) is 2.50. The van der Waals surface area contributed by atoms with Crippen LogP contribution < -0.4 is 5.32 Å². The first-order valence-electron chi connectivity index (χ1n) is 7.08. The fourth-order valence-electron chi connectivity index (χ4n) is 2.55. The van der Waals surface area contributed by atoms with Gasteiger partial charge in [0.1, 0.15) is 0 Å². The molecule has 0 spiro atoms. The standard InChI is InChI=1S/C17H24N2O/c1-18-17(13-19(2)11-12-20-3)16-10-6-8-14-7-4-5-9-15(14)16/h4-10,17-18H,11-13H2,1-3H3. The van der Waals surface area contributed by atoms with Gasteiger partial charge in [-0.05, 0) is 30.4 Å². The van der Waals surface area contributed by atoms with Crippen molar-refractivity contribution >= 4 is 10.8 Å². The molecule has 2 rings (SSSR count). The number of rotatable bonds is 7. The number of likely N-dealkylation sites (N-methyl/N-ethyl adjacent to an activating group) is 2. The molecule has 0 bridgehead atoms. The number of methoxy groups -OCH3 is 1. The zero-order valence-electron chi connectivity index (χ0n) is 12.6. The van der Waals surface area contributed by atoms with Crippen molar-refractivity contribution < 1.29 is 4.74 Å². The summed E-state index contributed by atoms with van der Waals surface area (Å²) in [5, 5.41) is 6.06. The second-order valence-corrected chi connectivity index (χ2v) is 5.16. The van der Waals surface area contributed by atoms with Crippen molar-refractivity contribution in [1.29, 1.82) is 0 Å². The Morgan fingerprint density at radius 1 is 1.15 bits per heavy atom. The van der Waals surface area contributed by atoms with E-state index in [4.69, 9.17) is 4.74 Å². The number of fused-ring (bicyclic) bond motifs is 1. The highest BCUT2D eigenvalue weighted by Gasteiger charge is 2.14. The summed E-state index contributed by atoms with van der Waals surface area (Å²) < 4.78 is 5.14. The molecule has 0 saturated heterocycles. The van der Waals surface area contributed by atoms with Gasteiger partial charge in [-0.2, -0.15) is 0 Å². The van der Waals surface area contributed by atoms with Gasteiger partial charge >= 0.3 is 0 Å². The van der Waals surface area contributed by atoms with Crippen molar-refractivity contribution in [2.24, 2.45) is 0 Å². The van der Waals surface area contributed by atoms with Gasteiger partial charge in [0.2, 0.25) is 0 Å². The molecular formula is C17H24N2O. The molecule has 1 atom stereocenters. The molecule has 0 amide bonds. The molecule has 20 heavy (non-hydrogen) atoms. The lowest BCUT2D eigenvalue weighted by atomic mass is 9.98. The largest absolute Gasteiger partial charge is 0.383 e. The first-order valence-corrected chi connectivity index (χ1v) is 7.08.